The van der Waals surface area contributed by atoms with E-state index in [1.54, 1.807) is 7.05 Å². The molecule has 0 heterocycles. The van der Waals surface area contributed by atoms with Gasteiger partial charge in [0.25, 0.3) is 5.91 Å². The van der Waals surface area contributed by atoms with Crippen molar-refractivity contribution in [3.63, 3.8) is 0 Å². The number of carbonyl (C=O) groups is 3. The molecule has 3 N–H and O–H groups in total. The van der Waals surface area contributed by atoms with Gasteiger partial charge < -0.3 is 19.6 Å². The van der Waals surface area contributed by atoms with E-state index >= 15 is 0 Å². The van der Waals surface area contributed by atoms with Gasteiger partial charge >= 0.3 is 6.03 Å². The molecular weight excluding hydrogens is 546 g/mol. The number of benzene rings is 2. The van der Waals surface area contributed by atoms with Crippen molar-refractivity contribution >= 4 is 29.0 Å². The molecule has 3 amide bonds. The Bertz CT molecular complexity index is 1150. The van der Waals surface area contributed by atoms with Crippen LogP contribution in [0.4, 0.5) is 4.79 Å². The van der Waals surface area contributed by atoms with Gasteiger partial charge in [-0.05, 0) is 49.4 Å². The fourth-order valence-corrected chi connectivity index (χ4v) is 6.01. The van der Waals surface area contributed by atoms with Crippen LogP contribution < -0.4 is 16.2 Å². The van der Waals surface area contributed by atoms with Gasteiger partial charge in [-0.2, -0.15) is 0 Å². The van der Waals surface area contributed by atoms with Crippen LogP contribution in [0.15, 0.2) is 42.5 Å². The Balaban J connectivity index is 2.03. The van der Waals surface area contributed by atoms with E-state index < -0.39 is 24.4 Å². The second-order valence-electron chi connectivity index (χ2n) is 11.3. The number of carbonyl (C=O) groups excluding carboxylic acids is 3. The molecule has 1 unspecified atom stereocenters. The lowest BCUT2D eigenvalue weighted by molar-refractivity contribution is -0.175. The van der Waals surface area contributed by atoms with E-state index in [0.29, 0.717) is 32.1 Å². The van der Waals surface area contributed by atoms with Gasteiger partial charge in [-0.3, -0.25) is 15.2 Å². The van der Waals surface area contributed by atoms with E-state index in [2.05, 4.69) is 34.4 Å². The van der Waals surface area contributed by atoms with Gasteiger partial charge in [0.2, 0.25) is 0 Å². The summed E-state index contributed by atoms with van der Waals surface area (Å²) in [5.41, 5.74) is 7.17. The van der Waals surface area contributed by atoms with Crippen LogP contribution in [-0.4, -0.2) is 73.9 Å². The highest BCUT2D eigenvalue weighted by Gasteiger charge is 2.35. The molecular formula is C33H51N5O5. The fraction of sp³-hybridized carbons (Fsp3) is 0.606. The molecule has 43 heavy (non-hydrogen) atoms. The number of hydrogen-bond donors (Lipinski definition) is 3. The normalized spacial score (nSPS) is 16.2. The smallest absolute Gasteiger partial charge is 0.329 e. The first-order valence-electron chi connectivity index (χ1n) is 15.8. The van der Waals surface area contributed by atoms with E-state index in [1.807, 2.05) is 52.0 Å². The van der Waals surface area contributed by atoms with Crippen LogP contribution in [0.2, 0.25) is 0 Å². The van der Waals surface area contributed by atoms with Crippen molar-refractivity contribution in [1.29, 1.82) is 0 Å². The molecule has 2 aromatic rings. The van der Waals surface area contributed by atoms with Crippen molar-refractivity contribution in [3.8, 4) is 0 Å². The summed E-state index contributed by atoms with van der Waals surface area (Å²) in [6.07, 6.45) is 6.48. The van der Waals surface area contributed by atoms with Gasteiger partial charge in [-0.25, -0.2) is 15.2 Å². The van der Waals surface area contributed by atoms with Crippen LogP contribution >= 0.6 is 0 Å². The van der Waals surface area contributed by atoms with Gasteiger partial charge in [0, 0.05) is 32.7 Å². The summed E-state index contributed by atoms with van der Waals surface area (Å²) in [6, 6.07) is 12.7. The molecule has 3 atom stereocenters. The molecule has 0 saturated heterocycles. The number of amides is 3. The van der Waals surface area contributed by atoms with Gasteiger partial charge in [0.1, 0.15) is 12.3 Å². The van der Waals surface area contributed by atoms with Crippen LogP contribution in [0, 0.1) is 11.8 Å². The third-order valence-corrected chi connectivity index (χ3v) is 8.11. The van der Waals surface area contributed by atoms with Crippen LogP contribution in [0.5, 0.6) is 0 Å². The molecule has 238 valence electrons. The maximum absolute atomic E-state index is 14.0. The zero-order chi connectivity index (χ0) is 31.2. The van der Waals surface area contributed by atoms with E-state index in [9.17, 15) is 14.4 Å². The van der Waals surface area contributed by atoms with Crippen molar-refractivity contribution < 1.29 is 23.9 Å². The molecule has 10 heteroatoms. The molecule has 1 aliphatic rings. The minimum absolute atomic E-state index is 0.129. The summed E-state index contributed by atoms with van der Waals surface area (Å²) in [6.45, 7) is 8.99. The Labute approximate surface area is 256 Å². The highest BCUT2D eigenvalue weighted by atomic mass is 16.7. The minimum atomic E-state index is -0.684. The van der Waals surface area contributed by atoms with E-state index in [1.165, 1.54) is 16.4 Å². The molecule has 1 aliphatic carbocycles. The number of likely N-dealkylation sites (N-methyl/N-ethyl adjacent to an activating group) is 1. The van der Waals surface area contributed by atoms with E-state index in [0.717, 1.165) is 48.3 Å². The Hall–Kier alpha value is -3.05. The lowest BCUT2D eigenvalue weighted by atomic mass is 9.85. The topological polar surface area (TPSA) is 112 Å². The van der Waals surface area contributed by atoms with Crippen molar-refractivity contribution in [1.82, 2.24) is 26.2 Å². The summed E-state index contributed by atoms with van der Waals surface area (Å²) < 4.78 is 12.1. The van der Waals surface area contributed by atoms with Crippen molar-refractivity contribution in [2.24, 2.45) is 11.8 Å². The molecule has 10 nitrogen and oxygen atoms in total. The Morgan fingerprint density at radius 3 is 2.33 bits per heavy atom. The highest BCUT2D eigenvalue weighted by Crippen LogP contribution is 2.34. The average Bonchev–Trinajstić information content (AvgIpc) is 3.00. The SMILES string of the molecule is CCNC(=O)NN(C)CC(=O)N(NC(c1cccc2ccccc12)[C@H](C)C(OCC)OCC)[C@H](C=O)CC1CCCCC1. The number of hydrazine groups is 2. The minimum Gasteiger partial charge on any atom is -0.353 e. The van der Waals surface area contributed by atoms with Gasteiger partial charge in [0.05, 0.1) is 12.6 Å². The molecule has 0 aliphatic heterocycles. The molecule has 3 rings (SSSR count). The quantitative estimate of drug-likeness (QED) is 0.134. The predicted octanol–water partition coefficient (Wildman–Crippen LogP) is 4.95. The molecule has 0 aromatic heterocycles. The molecule has 1 saturated carbocycles. The predicted molar refractivity (Wildman–Crippen MR) is 169 cm³/mol. The number of nitrogens with zero attached hydrogens (tertiary/aromatic N) is 2. The zero-order valence-electron chi connectivity index (χ0n) is 26.5. The van der Waals surface area contributed by atoms with Crippen LogP contribution in [-0.2, 0) is 19.1 Å². The maximum atomic E-state index is 14.0. The lowest BCUT2D eigenvalue weighted by Crippen LogP contribution is -2.58. The second kappa shape index (κ2) is 17.9. The van der Waals surface area contributed by atoms with Crippen LogP contribution in [0.1, 0.15) is 77.8 Å². The van der Waals surface area contributed by atoms with Crippen molar-refractivity contribution in [2.45, 2.75) is 84.6 Å². The zero-order valence-corrected chi connectivity index (χ0v) is 26.5. The van der Waals surface area contributed by atoms with Gasteiger partial charge in [-0.1, -0.05) is 81.5 Å². The largest absolute Gasteiger partial charge is 0.353 e. The number of rotatable bonds is 17. The number of ether oxygens (including phenoxy) is 2. The van der Waals surface area contributed by atoms with Crippen LogP contribution in [0.3, 0.4) is 0 Å². The maximum Gasteiger partial charge on any atom is 0.329 e. The number of fused-ring (bicyclic) bond motifs is 1. The third-order valence-electron chi connectivity index (χ3n) is 8.11. The summed E-state index contributed by atoms with van der Waals surface area (Å²) in [4.78, 5) is 38.9. The Morgan fingerprint density at radius 2 is 1.67 bits per heavy atom. The monoisotopic (exact) mass is 597 g/mol. The first-order chi connectivity index (χ1) is 20.8. The van der Waals surface area contributed by atoms with Crippen LogP contribution in [0.25, 0.3) is 10.8 Å². The summed E-state index contributed by atoms with van der Waals surface area (Å²) >= 11 is 0. The van der Waals surface area contributed by atoms with E-state index in [-0.39, 0.29) is 18.4 Å². The molecule has 0 bridgehead atoms. The van der Waals surface area contributed by atoms with Crippen molar-refractivity contribution in [3.05, 3.63) is 48.0 Å². The van der Waals surface area contributed by atoms with Crippen molar-refractivity contribution in [2.75, 3.05) is 33.4 Å². The summed E-state index contributed by atoms with van der Waals surface area (Å²) in [5, 5.41) is 7.71. The summed E-state index contributed by atoms with van der Waals surface area (Å²) in [5.74, 6) is -0.205. The van der Waals surface area contributed by atoms with Gasteiger partial charge in [-0.15, -0.1) is 0 Å². The number of nitrogens with one attached hydrogen (secondary N) is 3. The average molecular weight is 598 g/mol. The molecule has 0 spiro atoms. The summed E-state index contributed by atoms with van der Waals surface area (Å²) in [7, 11) is 1.63. The lowest BCUT2D eigenvalue weighted by Gasteiger charge is -2.39. The number of hydrogen-bond acceptors (Lipinski definition) is 7. The molecule has 1 fully saturated rings. The third kappa shape index (κ3) is 9.99. The van der Waals surface area contributed by atoms with Gasteiger partial charge in [0.15, 0.2) is 6.29 Å². The first kappa shape index (κ1) is 34.4. The Kier molecular flexibility index (Phi) is 14.4. The Morgan fingerprint density at radius 1 is 1.00 bits per heavy atom. The standard InChI is InChI=1S/C33H51N5O5/c1-6-34-33(41)36-37(5)22-30(40)38(27(23-39)21-25-15-10-9-11-16-25)35-31(24(4)32(42-7-2)43-8-3)29-20-14-18-26-17-12-13-19-28(26)29/h12-14,17-20,23-25,27,31-32,35H,6-11,15-16,21-22H2,1-5H3,(H2,34,36,41)/t24-,27-,31?/m0/s1. The highest BCUT2D eigenvalue weighted by molar-refractivity contribution is 5.86. The second-order valence-corrected chi connectivity index (χ2v) is 11.3. The fourth-order valence-electron chi connectivity index (χ4n) is 6.01. The number of urea groups is 1. The van der Waals surface area contributed by atoms with E-state index in [4.69, 9.17) is 9.47 Å². The molecule has 0 radical (unpaired) electrons. The molecule has 2 aromatic carbocycles. The first-order valence-corrected chi connectivity index (χ1v) is 15.8. The number of aldehydes is 1.